The molecule has 0 atom stereocenters. The minimum Gasteiger partial charge on any atom is -0.489 e. The van der Waals surface area contributed by atoms with Crippen molar-refractivity contribution in [3.05, 3.63) is 76.7 Å². The maximum Gasteiger partial charge on any atom is 0.383 e. The predicted molar refractivity (Wildman–Crippen MR) is 152 cm³/mol. The van der Waals surface area contributed by atoms with E-state index in [1.807, 2.05) is 12.1 Å². The molecule has 2 aromatic carbocycles. The molecule has 6 nitrogen and oxygen atoms in total. The number of allylic oxidation sites excluding steroid dienone is 1. The van der Waals surface area contributed by atoms with Gasteiger partial charge in [-0.25, -0.2) is 9.59 Å². The minimum absolute atomic E-state index is 0.0565. The number of hydrogen-bond acceptors (Lipinski definition) is 6. The fourth-order valence-electron chi connectivity index (χ4n) is 4.15. The molecule has 1 heterocycles. The number of carbonyl (C=O) groups is 1. The van der Waals surface area contributed by atoms with Gasteiger partial charge in [-0.2, -0.15) is 0 Å². The van der Waals surface area contributed by atoms with Crippen LogP contribution in [0.5, 0.6) is 17.2 Å². The van der Waals surface area contributed by atoms with Crippen molar-refractivity contribution in [2.24, 2.45) is 0 Å². The summed E-state index contributed by atoms with van der Waals surface area (Å²) in [7, 11) is 0. The lowest BCUT2D eigenvalue weighted by Gasteiger charge is -2.14. The van der Waals surface area contributed by atoms with E-state index in [1.54, 1.807) is 42.5 Å². The van der Waals surface area contributed by atoms with Gasteiger partial charge < -0.3 is 18.6 Å². The summed E-state index contributed by atoms with van der Waals surface area (Å²) in [6, 6.07) is 13.9. The van der Waals surface area contributed by atoms with Gasteiger partial charge in [-0.15, -0.1) is 0 Å². The molecule has 3 aromatic rings. The molecule has 38 heavy (non-hydrogen) atoms. The standard InChI is InChI=1S/C32H40O6/c1-3-5-7-9-10-11-12-17-24-36-30-29(38-31(33)25-19-14-13-15-20-25)26-21-18-22-27(28(26)37-32(30)34)35-23-16-8-6-4-2/h6,8,13-15,18-22H,3-5,7,9-12,16-17,23-24H2,1-2H3/b8-6+. The highest BCUT2D eigenvalue weighted by atomic mass is 16.6. The molecule has 0 amide bonds. The summed E-state index contributed by atoms with van der Waals surface area (Å²) in [4.78, 5) is 26.0. The first kappa shape index (κ1) is 29.0. The highest BCUT2D eigenvalue weighted by Crippen LogP contribution is 2.37. The molecule has 0 radical (unpaired) electrons. The monoisotopic (exact) mass is 520 g/mol. The normalized spacial score (nSPS) is 11.2. The van der Waals surface area contributed by atoms with Gasteiger partial charge in [-0.05, 0) is 43.5 Å². The van der Waals surface area contributed by atoms with Crippen LogP contribution in [-0.2, 0) is 0 Å². The van der Waals surface area contributed by atoms with E-state index < -0.39 is 11.6 Å². The van der Waals surface area contributed by atoms with E-state index in [9.17, 15) is 9.59 Å². The van der Waals surface area contributed by atoms with Crippen molar-refractivity contribution in [2.75, 3.05) is 13.2 Å². The fourth-order valence-corrected chi connectivity index (χ4v) is 4.15. The Morgan fingerprint density at radius 2 is 1.53 bits per heavy atom. The smallest absolute Gasteiger partial charge is 0.383 e. The number of rotatable bonds is 17. The molecule has 0 saturated carbocycles. The lowest BCUT2D eigenvalue weighted by atomic mass is 10.1. The van der Waals surface area contributed by atoms with E-state index in [4.69, 9.17) is 18.6 Å². The van der Waals surface area contributed by atoms with E-state index in [1.165, 1.54) is 32.1 Å². The lowest BCUT2D eigenvalue weighted by molar-refractivity contribution is 0.0729. The molecule has 0 aliphatic carbocycles. The predicted octanol–water partition coefficient (Wildman–Crippen LogP) is 8.27. The Hall–Kier alpha value is -3.54. The Balaban J connectivity index is 1.79. The number of carbonyl (C=O) groups excluding carboxylic acids is 1. The topological polar surface area (TPSA) is 75.0 Å². The number of fused-ring (bicyclic) bond motifs is 1. The summed E-state index contributed by atoms with van der Waals surface area (Å²) in [5, 5.41) is 0.446. The van der Waals surface area contributed by atoms with Crippen molar-refractivity contribution in [1.82, 2.24) is 0 Å². The molecule has 0 N–H and O–H groups in total. The zero-order valence-electron chi connectivity index (χ0n) is 22.7. The second kappa shape index (κ2) is 16.3. The molecular formula is C32H40O6. The number of ether oxygens (including phenoxy) is 3. The van der Waals surface area contributed by atoms with Crippen LogP contribution in [0, 0.1) is 0 Å². The summed E-state index contributed by atoms with van der Waals surface area (Å²) >= 11 is 0. The number of para-hydroxylation sites is 1. The van der Waals surface area contributed by atoms with Crippen LogP contribution in [0.25, 0.3) is 11.0 Å². The summed E-state index contributed by atoms with van der Waals surface area (Å²) < 4.78 is 23.2. The van der Waals surface area contributed by atoms with Crippen LogP contribution < -0.4 is 19.8 Å². The van der Waals surface area contributed by atoms with Gasteiger partial charge in [0.2, 0.25) is 5.75 Å². The highest BCUT2D eigenvalue weighted by molar-refractivity contribution is 5.96. The van der Waals surface area contributed by atoms with Gasteiger partial charge in [0.05, 0.1) is 24.2 Å². The number of hydrogen-bond donors (Lipinski definition) is 0. The first-order valence-electron chi connectivity index (χ1n) is 13.9. The van der Waals surface area contributed by atoms with E-state index in [2.05, 4.69) is 19.9 Å². The van der Waals surface area contributed by atoms with Gasteiger partial charge >= 0.3 is 11.6 Å². The molecule has 0 aliphatic heterocycles. The molecule has 1 aromatic heterocycles. The molecule has 6 heteroatoms. The molecule has 204 valence electrons. The minimum atomic E-state index is -0.699. The van der Waals surface area contributed by atoms with Crippen molar-refractivity contribution in [1.29, 1.82) is 0 Å². The average Bonchev–Trinajstić information content (AvgIpc) is 2.94. The second-order valence-corrected chi connectivity index (χ2v) is 9.28. The quantitative estimate of drug-likeness (QED) is 0.0772. The molecule has 0 aliphatic rings. The molecule has 0 bridgehead atoms. The third-order valence-electron chi connectivity index (χ3n) is 6.20. The van der Waals surface area contributed by atoms with E-state index in [0.29, 0.717) is 29.9 Å². The van der Waals surface area contributed by atoms with Crippen LogP contribution in [0.15, 0.2) is 69.9 Å². The Labute approximate surface area is 225 Å². The molecule has 3 rings (SSSR count). The van der Waals surface area contributed by atoms with Crippen LogP contribution in [0.1, 0.15) is 88.4 Å². The summed E-state index contributed by atoms with van der Waals surface area (Å²) in [6.45, 7) is 5.05. The third kappa shape index (κ3) is 8.79. The van der Waals surface area contributed by atoms with Gasteiger partial charge in [0, 0.05) is 0 Å². The molecule has 0 saturated heterocycles. The van der Waals surface area contributed by atoms with Crippen LogP contribution in [0.2, 0.25) is 0 Å². The zero-order chi connectivity index (χ0) is 27.0. The first-order valence-corrected chi connectivity index (χ1v) is 13.9. The Kier molecular flexibility index (Phi) is 12.5. The van der Waals surface area contributed by atoms with Crippen molar-refractivity contribution in [3.63, 3.8) is 0 Å². The van der Waals surface area contributed by atoms with E-state index >= 15 is 0 Å². The highest BCUT2D eigenvalue weighted by Gasteiger charge is 2.23. The van der Waals surface area contributed by atoms with Gasteiger partial charge in [0.25, 0.3) is 0 Å². The van der Waals surface area contributed by atoms with Crippen molar-refractivity contribution in [2.45, 2.75) is 78.1 Å². The number of benzene rings is 2. The van der Waals surface area contributed by atoms with Crippen LogP contribution >= 0.6 is 0 Å². The van der Waals surface area contributed by atoms with Gasteiger partial charge in [-0.3, -0.25) is 0 Å². The van der Waals surface area contributed by atoms with Gasteiger partial charge in [0.15, 0.2) is 17.1 Å². The molecule has 0 spiro atoms. The van der Waals surface area contributed by atoms with Crippen LogP contribution in [0.3, 0.4) is 0 Å². The first-order chi connectivity index (χ1) is 18.7. The van der Waals surface area contributed by atoms with Crippen molar-refractivity contribution in [3.8, 4) is 17.2 Å². The molecular weight excluding hydrogens is 480 g/mol. The van der Waals surface area contributed by atoms with E-state index in [0.717, 1.165) is 32.1 Å². The third-order valence-corrected chi connectivity index (χ3v) is 6.20. The SMILES string of the molecule is CC/C=C/CCOc1cccc2c(OC(=O)c3ccccc3)c(OCCCCCCCCCC)c(=O)oc12. The van der Waals surface area contributed by atoms with Crippen LogP contribution in [0.4, 0.5) is 0 Å². The maximum absolute atomic E-state index is 13.1. The van der Waals surface area contributed by atoms with Gasteiger partial charge in [0.1, 0.15) is 0 Å². The molecule has 0 unspecified atom stereocenters. The Morgan fingerprint density at radius 1 is 0.789 bits per heavy atom. The average molecular weight is 521 g/mol. The van der Waals surface area contributed by atoms with E-state index in [-0.39, 0.29) is 17.1 Å². The number of unbranched alkanes of at least 4 members (excludes halogenated alkanes) is 7. The van der Waals surface area contributed by atoms with Crippen LogP contribution in [-0.4, -0.2) is 19.2 Å². The lowest BCUT2D eigenvalue weighted by Crippen LogP contribution is -2.15. The second-order valence-electron chi connectivity index (χ2n) is 9.28. The van der Waals surface area contributed by atoms with Crippen molar-refractivity contribution >= 4 is 16.9 Å². The summed E-state index contributed by atoms with van der Waals surface area (Å²) in [5.41, 5.74) is -0.0971. The maximum atomic E-state index is 13.1. The Morgan fingerprint density at radius 3 is 2.26 bits per heavy atom. The largest absolute Gasteiger partial charge is 0.489 e. The van der Waals surface area contributed by atoms with Crippen molar-refractivity contribution < 1.29 is 23.4 Å². The molecule has 0 fully saturated rings. The summed E-state index contributed by atoms with van der Waals surface area (Å²) in [5.74, 6) is -0.199. The Bertz CT molecular complexity index is 1210. The van der Waals surface area contributed by atoms with Gasteiger partial charge in [-0.1, -0.05) is 95.2 Å². The fraction of sp³-hybridized carbons (Fsp3) is 0.438. The number of esters is 1. The zero-order valence-corrected chi connectivity index (χ0v) is 22.7. The summed E-state index contributed by atoms with van der Waals surface area (Å²) in [6.07, 6.45) is 15.0.